The SMILES string of the molecule is Cc1cccc(CN(CC(CO)C(F)(F)F)c2cc(C)c(C)c(C)c2C)c1. The van der Waals surface area contributed by atoms with Gasteiger partial charge in [-0.25, -0.2) is 0 Å². The number of hydrogen-bond donors (Lipinski definition) is 1. The molecule has 0 aliphatic carbocycles. The third kappa shape index (κ3) is 5.04. The number of aliphatic hydroxyl groups excluding tert-OH is 1. The molecule has 0 aliphatic rings. The molecular formula is C22H28F3NO. The summed E-state index contributed by atoms with van der Waals surface area (Å²) in [7, 11) is 0. The zero-order valence-electron chi connectivity index (χ0n) is 16.6. The fraction of sp³-hybridized carbons (Fsp3) is 0.455. The van der Waals surface area contributed by atoms with Crippen LogP contribution in [0.5, 0.6) is 0 Å². The lowest BCUT2D eigenvalue weighted by Crippen LogP contribution is -2.39. The standard InChI is InChI=1S/C22H28F3NO/c1-14-7-6-8-19(9-14)11-26(12-20(13-27)22(23,24)25)21-10-15(2)16(3)17(4)18(21)5/h6-10,20,27H,11-13H2,1-5H3. The monoisotopic (exact) mass is 379 g/mol. The molecule has 0 amide bonds. The highest BCUT2D eigenvalue weighted by atomic mass is 19.4. The minimum atomic E-state index is -4.44. The molecule has 148 valence electrons. The highest BCUT2D eigenvalue weighted by Gasteiger charge is 2.40. The smallest absolute Gasteiger partial charge is 0.395 e. The van der Waals surface area contributed by atoms with Crippen molar-refractivity contribution in [3.8, 4) is 0 Å². The fourth-order valence-corrected chi connectivity index (χ4v) is 3.33. The van der Waals surface area contributed by atoms with Crippen molar-refractivity contribution in [1.82, 2.24) is 0 Å². The molecule has 27 heavy (non-hydrogen) atoms. The van der Waals surface area contributed by atoms with E-state index in [4.69, 9.17) is 0 Å². The summed E-state index contributed by atoms with van der Waals surface area (Å²) in [5.41, 5.74) is 7.08. The summed E-state index contributed by atoms with van der Waals surface area (Å²) < 4.78 is 40.0. The number of aryl methyl sites for hydroxylation is 2. The quantitative estimate of drug-likeness (QED) is 0.726. The van der Waals surface area contributed by atoms with Crippen molar-refractivity contribution >= 4 is 5.69 Å². The Bertz CT molecular complexity index is 799. The molecule has 1 unspecified atom stereocenters. The Morgan fingerprint density at radius 1 is 0.963 bits per heavy atom. The van der Waals surface area contributed by atoms with Gasteiger partial charge in [0.25, 0.3) is 0 Å². The summed E-state index contributed by atoms with van der Waals surface area (Å²) in [6, 6.07) is 9.74. The lowest BCUT2D eigenvalue weighted by atomic mass is 9.96. The molecule has 1 N–H and O–H groups in total. The van der Waals surface area contributed by atoms with E-state index in [0.29, 0.717) is 6.54 Å². The minimum Gasteiger partial charge on any atom is -0.396 e. The van der Waals surface area contributed by atoms with Crippen LogP contribution in [0.2, 0.25) is 0 Å². The van der Waals surface area contributed by atoms with Gasteiger partial charge in [-0.1, -0.05) is 29.8 Å². The molecule has 2 aromatic rings. The second kappa shape index (κ2) is 8.34. The van der Waals surface area contributed by atoms with Crippen LogP contribution < -0.4 is 4.90 Å². The van der Waals surface area contributed by atoms with Crippen molar-refractivity contribution in [2.45, 2.75) is 47.3 Å². The van der Waals surface area contributed by atoms with Crippen LogP contribution in [0.15, 0.2) is 30.3 Å². The first-order valence-corrected chi connectivity index (χ1v) is 9.10. The summed E-state index contributed by atoms with van der Waals surface area (Å²) in [6.45, 7) is 9.07. The number of alkyl halides is 3. The highest BCUT2D eigenvalue weighted by molar-refractivity contribution is 5.61. The van der Waals surface area contributed by atoms with Gasteiger partial charge in [-0.15, -0.1) is 0 Å². The third-order valence-corrected chi connectivity index (χ3v) is 5.37. The van der Waals surface area contributed by atoms with Crippen LogP contribution >= 0.6 is 0 Å². The van der Waals surface area contributed by atoms with Crippen molar-refractivity contribution in [2.24, 2.45) is 5.92 Å². The van der Waals surface area contributed by atoms with E-state index in [1.165, 1.54) is 0 Å². The summed E-state index contributed by atoms with van der Waals surface area (Å²) >= 11 is 0. The molecule has 0 aromatic heterocycles. The lowest BCUT2D eigenvalue weighted by Gasteiger charge is -2.32. The fourth-order valence-electron chi connectivity index (χ4n) is 3.33. The van der Waals surface area contributed by atoms with E-state index in [1.54, 1.807) is 4.90 Å². The molecule has 0 aliphatic heterocycles. The van der Waals surface area contributed by atoms with Crippen molar-refractivity contribution < 1.29 is 18.3 Å². The van der Waals surface area contributed by atoms with Crippen LogP contribution in [0.4, 0.5) is 18.9 Å². The third-order valence-electron chi connectivity index (χ3n) is 5.37. The van der Waals surface area contributed by atoms with Gasteiger partial charge in [0.1, 0.15) is 0 Å². The van der Waals surface area contributed by atoms with Crippen LogP contribution in [0, 0.1) is 40.5 Å². The maximum Gasteiger partial charge on any atom is 0.395 e. The van der Waals surface area contributed by atoms with E-state index in [-0.39, 0.29) is 6.54 Å². The first-order chi connectivity index (χ1) is 12.5. The Labute approximate surface area is 159 Å². The summed E-state index contributed by atoms with van der Waals surface area (Å²) in [5, 5.41) is 9.34. The van der Waals surface area contributed by atoms with Crippen LogP contribution in [-0.2, 0) is 6.54 Å². The second-order valence-corrected chi connectivity index (χ2v) is 7.38. The van der Waals surface area contributed by atoms with Gasteiger partial charge < -0.3 is 10.0 Å². The number of rotatable bonds is 6. The van der Waals surface area contributed by atoms with Gasteiger partial charge in [-0.05, 0) is 68.5 Å². The van der Waals surface area contributed by atoms with Crippen molar-refractivity contribution in [3.63, 3.8) is 0 Å². The lowest BCUT2D eigenvalue weighted by molar-refractivity contribution is -0.180. The topological polar surface area (TPSA) is 23.5 Å². The Kier molecular flexibility index (Phi) is 6.58. The van der Waals surface area contributed by atoms with Crippen LogP contribution in [0.25, 0.3) is 0 Å². The number of aliphatic hydroxyl groups is 1. The molecule has 0 bridgehead atoms. The molecule has 2 rings (SSSR count). The molecule has 0 spiro atoms. The Morgan fingerprint density at radius 3 is 2.19 bits per heavy atom. The van der Waals surface area contributed by atoms with Gasteiger partial charge in [0.05, 0.1) is 12.5 Å². The van der Waals surface area contributed by atoms with Gasteiger partial charge >= 0.3 is 6.18 Å². The van der Waals surface area contributed by atoms with Crippen LogP contribution in [0.1, 0.15) is 33.4 Å². The molecule has 0 radical (unpaired) electrons. The first-order valence-electron chi connectivity index (χ1n) is 9.10. The molecule has 0 saturated carbocycles. The maximum absolute atomic E-state index is 13.3. The predicted octanol–water partition coefficient (Wildman–Crippen LogP) is 5.41. The van der Waals surface area contributed by atoms with E-state index in [2.05, 4.69) is 0 Å². The number of halogens is 3. The Hall–Kier alpha value is -2.01. The molecule has 5 heteroatoms. The average Bonchev–Trinajstić information content (AvgIpc) is 2.59. The van der Waals surface area contributed by atoms with E-state index < -0.39 is 18.7 Å². The predicted molar refractivity (Wildman–Crippen MR) is 104 cm³/mol. The van der Waals surface area contributed by atoms with E-state index in [0.717, 1.165) is 39.1 Å². The molecular weight excluding hydrogens is 351 g/mol. The average molecular weight is 379 g/mol. The van der Waals surface area contributed by atoms with Crippen LogP contribution in [-0.4, -0.2) is 24.4 Å². The van der Waals surface area contributed by atoms with Gasteiger partial charge in [0.15, 0.2) is 0 Å². The number of nitrogens with zero attached hydrogens (tertiary/aromatic N) is 1. The van der Waals surface area contributed by atoms with Gasteiger partial charge in [-0.3, -0.25) is 0 Å². The van der Waals surface area contributed by atoms with Gasteiger partial charge in [0, 0.05) is 18.8 Å². The maximum atomic E-state index is 13.3. The van der Waals surface area contributed by atoms with E-state index in [9.17, 15) is 18.3 Å². The molecule has 2 aromatic carbocycles. The van der Waals surface area contributed by atoms with E-state index >= 15 is 0 Å². The highest BCUT2D eigenvalue weighted by Crippen LogP contribution is 2.33. The molecule has 2 nitrogen and oxygen atoms in total. The minimum absolute atomic E-state index is 0.281. The molecule has 0 heterocycles. The Balaban J connectivity index is 2.49. The number of benzene rings is 2. The number of hydrogen-bond acceptors (Lipinski definition) is 2. The Morgan fingerprint density at radius 2 is 1.63 bits per heavy atom. The second-order valence-electron chi connectivity index (χ2n) is 7.38. The normalized spacial score (nSPS) is 12.9. The molecule has 0 fully saturated rings. The first kappa shape index (κ1) is 21.3. The molecule has 0 saturated heterocycles. The summed E-state index contributed by atoms with van der Waals surface area (Å²) in [4.78, 5) is 1.75. The molecule has 1 atom stereocenters. The van der Waals surface area contributed by atoms with E-state index in [1.807, 2.05) is 65.0 Å². The summed E-state index contributed by atoms with van der Waals surface area (Å²) in [5.74, 6) is -1.79. The van der Waals surface area contributed by atoms with Crippen LogP contribution in [0.3, 0.4) is 0 Å². The van der Waals surface area contributed by atoms with Crippen molar-refractivity contribution in [3.05, 3.63) is 63.7 Å². The van der Waals surface area contributed by atoms with Gasteiger partial charge in [-0.2, -0.15) is 13.2 Å². The van der Waals surface area contributed by atoms with Crippen molar-refractivity contribution in [1.29, 1.82) is 0 Å². The summed E-state index contributed by atoms with van der Waals surface area (Å²) in [6.07, 6.45) is -4.44. The largest absolute Gasteiger partial charge is 0.396 e. The van der Waals surface area contributed by atoms with Crippen molar-refractivity contribution in [2.75, 3.05) is 18.1 Å². The van der Waals surface area contributed by atoms with Gasteiger partial charge in [0.2, 0.25) is 0 Å². The number of anilines is 1. The zero-order valence-corrected chi connectivity index (χ0v) is 16.6. The zero-order chi connectivity index (χ0) is 20.4.